The van der Waals surface area contributed by atoms with Crippen LogP contribution in [0.3, 0.4) is 0 Å². The van der Waals surface area contributed by atoms with Crippen molar-refractivity contribution in [3.8, 4) is 0 Å². The predicted molar refractivity (Wildman–Crippen MR) is 106 cm³/mol. The van der Waals surface area contributed by atoms with Gasteiger partial charge < -0.3 is 0 Å². The Labute approximate surface area is 129 Å². The first kappa shape index (κ1) is 17.9. The van der Waals surface area contributed by atoms with Crippen LogP contribution in [0.2, 0.25) is 24.2 Å². The van der Waals surface area contributed by atoms with E-state index in [1.807, 2.05) is 0 Å². The molecule has 0 bridgehead atoms. The Balaban J connectivity index is 3.82. The third kappa shape index (κ3) is 1.41. The summed E-state index contributed by atoms with van der Waals surface area (Å²) in [4.78, 5) is 0. The van der Waals surface area contributed by atoms with Gasteiger partial charge in [-0.25, -0.2) is 0 Å². The zero-order valence-electron chi connectivity index (χ0n) is 14.0. The van der Waals surface area contributed by atoms with Crippen LogP contribution >= 0.6 is 0 Å². The Morgan fingerprint density at radius 2 is 0.650 bits per heavy atom. The Morgan fingerprint density at radius 1 is 0.500 bits per heavy atom. The fraction of sp³-hybridized carbons (Fsp3) is 0.500. The van der Waals surface area contributed by atoms with E-state index in [-0.39, 0.29) is 0 Å². The monoisotopic (exact) mass is 336 g/mol. The van der Waals surface area contributed by atoms with Gasteiger partial charge in [0.25, 0.3) is 0 Å². The molecule has 0 spiro atoms. The highest BCUT2D eigenvalue weighted by Crippen LogP contribution is 2.59. The van der Waals surface area contributed by atoms with Crippen molar-refractivity contribution in [1.29, 1.82) is 0 Å². The first-order chi connectivity index (χ1) is 9.49. The molecule has 1 fully saturated rings. The molecule has 0 atom stereocenters. The minimum Gasteiger partial charge on any atom is -0.107 e. The van der Waals surface area contributed by atoms with Crippen LogP contribution in [0.15, 0.2) is 49.1 Å². The molecule has 0 aromatic rings. The predicted octanol–water partition coefficient (Wildman–Crippen LogP) is 5.09. The number of hydrogen-bond donors (Lipinski definition) is 0. The molecule has 1 aliphatic heterocycles. The minimum absolute atomic E-state index is 1.36. The van der Waals surface area contributed by atoms with Gasteiger partial charge in [0.05, 0.1) is 28.4 Å². The average molecular weight is 337 g/mol. The summed E-state index contributed by atoms with van der Waals surface area (Å²) in [6.07, 6.45) is 0. The molecular formula is C16H32Si4. The van der Waals surface area contributed by atoms with Gasteiger partial charge in [0.2, 0.25) is 0 Å². The van der Waals surface area contributed by atoms with E-state index in [2.05, 4.69) is 76.8 Å². The number of rotatable bonds is 8. The summed E-state index contributed by atoms with van der Waals surface area (Å²) in [6, 6.07) is 5.43. The van der Waals surface area contributed by atoms with Crippen molar-refractivity contribution in [3.05, 3.63) is 49.1 Å². The van der Waals surface area contributed by atoms with Crippen molar-refractivity contribution < 1.29 is 0 Å². The van der Waals surface area contributed by atoms with Gasteiger partial charge in [0.1, 0.15) is 0 Å². The maximum absolute atomic E-state index is 4.37. The first-order valence-electron chi connectivity index (χ1n) is 8.03. The maximum Gasteiger partial charge on any atom is 0.0692 e. The molecule has 0 radical (unpaired) electrons. The number of hydrogen-bond acceptors (Lipinski definition) is 0. The molecule has 0 amide bonds. The topological polar surface area (TPSA) is 0 Å². The van der Waals surface area contributed by atoms with Crippen LogP contribution in [0.5, 0.6) is 0 Å². The van der Waals surface area contributed by atoms with Crippen LogP contribution in [-0.2, 0) is 0 Å². The molecule has 1 saturated heterocycles. The Kier molecular flexibility index (Phi) is 5.28. The molecule has 0 N–H and O–H groups in total. The summed E-state index contributed by atoms with van der Waals surface area (Å²) in [7, 11) is -5.73. The highest BCUT2D eigenvalue weighted by atomic mass is 30.2. The smallest absolute Gasteiger partial charge is 0.0692 e. The molecule has 0 aliphatic carbocycles. The fourth-order valence-corrected chi connectivity index (χ4v) is 137. The largest absolute Gasteiger partial charge is 0.107 e. The van der Waals surface area contributed by atoms with Crippen LogP contribution in [-0.4, -0.2) is 28.4 Å². The van der Waals surface area contributed by atoms with E-state index in [1.165, 1.54) is 24.2 Å². The zero-order valence-corrected chi connectivity index (χ0v) is 18.0. The SMILES string of the molecule is C=C[Si]1(CC)[Si](C=C)(CC)[Si](C=C)(CC)[Si]1(C=C)CC. The van der Waals surface area contributed by atoms with Gasteiger partial charge >= 0.3 is 0 Å². The van der Waals surface area contributed by atoms with Crippen molar-refractivity contribution in [3.63, 3.8) is 0 Å². The Morgan fingerprint density at radius 3 is 0.700 bits per heavy atom. The second kappa shape index (κ2) is 5.91. The van der Waals surface area contributed by atoms with Gasteiger partial charge in [0.15, 0.2) is 0 Å². The van der Waals surface area contributed by atoms with Gasteiger partial charge in [-0.15, -0.1) is 49.1 Å². The van der Waals surface area contributed by atoms with Gasteiger partial charge in [-0.1, -0.05) is 51.9 Å². The van der Waals surface area contributed by atoms with Gasteiger partial charge in [-0.05, 0) is 0 Å². The first-order valence-corrected chi connectivity index (χ1v) is 21.2. The summed E-state index contributed by atoms with van der Waals surface area (Å²) in [5, 5.41) is 0. The van der Waals surface area contributed by atoms with E-state index in [4.69, 9.17) is 0 Å². The summed E-state index contributed by atoms with van der Waals surface area (Å²) in [6.45, 7) is 27.2. The zero-order chi connectivity index (χ0) is 15.7. The lowest BCUT2D eigenvalue weighted by Gasteiger charge is -2.76. The molecular weight excluding hydrogens is 305 g/mol. The molecule has 1 heterocycles. The molecule has 4 heteroatoms. The third-order valence-corrected chi connectivity index (χ3v) is 94.0. The molecule has 0 saturated carbocycles. The van der Waals surface area contributed by atoms with Crippen LogP contribution in [0.4, 0.5) is 0 Å². The highest BCUT2D eigenvalue weighted by molar-refractivity contribution is 8.17. The van der Waals surface area contributed by atoms with Gasteiger partial charge in [-0.3, -0.25) is 0 Å². The summed E-state index contributed by atoms with van der Waals surface area (Å²) in [5.74, 6) is 0. The average Bonchev–Trinajstić information content (AvgIpc) is 2.50. The molecule has 20 heavy (non-hydrogen) atoms. The quantitative estimate of drug-likeness (QED) is 0.542. The van der Waals surface area contributed by atoms with Gasteiger partial charge in [0, 0.05) is 0 Å². The Bertz CT molecular complexity index is 336. The maximum atomic E-state index is 4.37. The molecule has 0 unspecified atom stereocenters. The van der Waals surface area contributed by atoms with E-state index >= 15 is 0 Å². The van der Waals surface area contributed by atoms with Crippen LogP contribution in [0, 0.1) is 0 Å². The third-order valence-electron chi connectivity index (χ3n) is 6.81. The lowest BCUT2D eigenvalue weighted by atomic mass is 11.0. The van der Waals surface area contributed by atoms with E-state index in [0.29, 0.717) is 0 Å². The van der Waals surface area contributed by atoms with Crippen molar-refractivity contribution in [2.75, 3.05) is 0 Å². The van der Waals surface area contributed by atoms with Crippen molar-refractivity contribution in [2.45, 2.75) is 51.9 Å². The van der Waals surface area contributed by atoms with E-state index < -0.39 is 28.4 Å². The van der Waals surface area contributed by atoms with Crippen LogP contribution in [0.25, 0.3) is 0 Å². The second-order valence-electron chi connectivity index (χ2n) is 6.12. The van der Waals surface area contributed by atoms with Gasteiger partial charge in [-0.2, -0.15) is 0 Å². The standard InChI is InChI=1S/C16H32Si4/c1-9-17(10-2)18(11-3,12-4)20(15-7,16-8)19(17,13-5)14-6/h9,11,13,15H,1,3,5,7,10,12,14,16H2,2,4,6,8H3. The summed E-state index contributed by atoms with van der Waals surface area (Å²) in [5.41, 5.74) is 9.91. The summed E-state index contributed by atoms with van der Waals surface area (Å²) >= 11 is 0. The molecule has 0 nitrogen and oxygen atoms in total. The lowest BCUT2D eigenvalue weighted by Crippen LogP contribution is -3.05. The fourth-order valence-electron chi connectivity index (χ4n) is 6.09. The Hall–Kier alpha value is -0.172. The molecule has 112 valence electrons. The molecule has 0 aromatic carbocycles. The van der Waals surface area contributed by atoms with E-state index in [0.717, 1.165) is 0 Å². The molecule has 1 rings (SSSR count). The van der Waals surface area contributed by atoms with Crippen molar-refractivity contribution >= 4 is 28.4 Å². The molecule has 0 aromatic heterocycles. The normalized spacial score (nSPS) is 43.4. The lowest BCUT2D eigenvalue weighted by molar-refractivity contribution is 1.32. The second-order valence-corrected chi connectivity index (χ2v) is 45.8. The van der Waals surface area contributed by atoms with Crippen molar-refractivity contribution in [2.24, 2.45) is 0 Å². The minimum atomic E-state index is -1.43. The van der Waals surface area contributed by atoms with E-state index in [1.54, 1.807) is 0 Å². The molecule has 1 aliphatic rings. The van der Waals surface area contributed by atoms with E-state index in [9.17, 15) is 0 Å². The van der Waals surface area contributed by atoms with Crippen molar-refractivity contribution in [1.82, 2.24) is 0 Å². The van der Waals surface area contributed by atoms with Crippen LogP contribution < -0.4 is 0 Å². The summed E-state index contributed by atoms with van der Waals surface area (Å²) < 4.78 is 0. The van der Waals surface area contributed by atoms with Crippen LogP contribution in [0.1, 0.15) is 27.7 Å². The highest BCUT2D eigenvalue weighted by Gasteiger charge is 2.83.